The normalized spacial score (nSPS) is 17.0. The molecule has 2 heterocycles. The van der Waals surface area contributed by atoms with Crippen LogP contribution in [-0.2, 0) is 16.7 Å². The molecule has 0 aliphatic carbocycles. The van der Waals surface area contributed by atoms with E-state index in [-0.39, 0.29) is 11.1 Å². The molecule has 2 N–H and O–H groups in total. The second-order valence-electron chi connectivity index (χ2n) is 8.03. The summed E-state index contributed by atoms with van der Waals surface area (Å²) < 4.78 is 5.02. The number of thiophene rings is 1. The lowest BCUT2D eigenvalue weighted by Crippen LogP contribution is -2.55. The first-order chi connectivity index (χ1) is 12.9. The molecule has 150 valence electrons. The van der Waals surface area contributed by atoms with Gasteiger partial charge in [-0.1, -0.05) is 23.2 Å². The fourth-order valence-corrected chi connectivity index (χ4v) is 5.58. The van der Waals surface area contributed by atoms with Crippen LogP contribution in [0.1, 0.15) is 58.9 Å². The predicted octanol–water partition coefficient (Wildman–Crippen LogP) is 5.25. The minimum absolute atomic E-state index is 0.206. The summed E-state index contributed by atoms with van der Waals surface area (Å²) in [6.07, 6.45) is 0.644. The number of carbonyl (C=O) groups excluding carboxylic acids is 2. The van der Waals surface area contributed by atoms with Crippen LogP contribution in [0.25, 0.3) is 0 Å². The van der Waals surface area contributed by atoms with E-state index >= 15 is 0 Å². The highest BCUT2D eigenvalue weighted by molar-refractivity contribution is 7.17. The SMILES string of the molecule is COC(=O)c1c(NC(=O)c2cc(Cl)cc(Cl)c2)sc2c1CC(C)(C)NC2(C)C. The Morgan fingerprint density at radius 1 is 1.14 bits per heavy atom. The van der Waals surface area contributed by atoms with E-state index in [9.17, 15) is 9.59 Å². The summed E-state index contributed by atoms with van der Waals surface area (Å²) in [7, 11) is 1.34. The molecular formula is C20H22Cl2N2O3S. The zero-order valence-electron chi connectivity index (χ0n) is 16.3. The van der Waals surface area contributed by atoms with Crippen molar-refractivity contribution in [3.05, 3.63) is 49.8 Å². The van der Waals surface area contributed by atoms with Crippen molar-refractivity contribution in [2.45, 2.75) is 45.2 Å². The van der Waals surface area contributed by atoms with Gasteiger partial charge in [0, 0.05) is 31.6 Å². The van der Waals surface area contributed by atoms with E-state index in [1.807, 2.05) is 0 Å². The lowest BCUT2D eigenvalue weighted by molar-refractivity contribution is 0.0600. The van der Waals surface area contributed by atoms with E-state index < -0.39 is 11.9 Å². The van der Waals surface area contributed by atoms with Crippen molar-refractivity contribution in [3.8, 4) is 0 Å². The zero-order valence-corrected chi connectivity index (χ0v) is 18.7. The number of nitrogens with one attached hydrogen (secondary N) is 2. The molecule has 28 heavy (non-hydrogen) atoms. The van der Waals surface area contributed by atoms with Crippen molar-refractivity contribution in [2.24, 2.45) is 0 Å². The molecule has 0 bridgehead atoms. The molecular weight excluding hydrogens is 419 g/mol. The maximum atomic E-state index is 12.8. The quantitative estimate of drug-likeness (QED) is 0.639. The molecule has 0 fully saturated rings. The summed E-state index contributed by atoms with van der Waals surface area (Å²) in [5, 5.41) is 7.64. The minimum atomic E-state index is -0.467. The highest BCUT2D eigenvalue weighted by Crippen LogP contribution is 2.45. The van der Waals surface area contributed by atoms with Gasteiger partial charge in [-0.05, 0) is 57.9 Å². The monoisotopic (exact) mass is 440 g/mol. The molecule has 5 nitrogen and oxygen atoms in total. The Balaban J connectivity index is 2.08. The Bertz CT molecular complexity index is 946. The number of halogens is 2. The van der Waals surface area contributed by atoms with Gasteiger partial charge in [0.05, 0.1) is 12.7 Å². The average molecular weight is 441 g/mol. The third-order valence-corrected chi connectivity index (χ3v) is 6.49. The molecule has 0 radical (unpaired) electrons. The number of carbonyl (C=O) groups is 2. The standard InChI is InChI=1S/C20H22Cl2N2O3S/c1-19(2)9-13-14(18(26)27-5)17(28-15(13)20(3,4)24-19)23-16(25)10-6-11(21)8-12(22)7-10/h6-8,24H,9H2,1-5H3,(H,23,25). The van der Waals surface area contributed by atoms with Crippen molar-refractivity contribution in [2.75, 3.05) is 12.4 Å². The molecule has 1 aliphatic heterocycles. The van der Waals surface area contributed by atoms with Gasteiger partial charge in [0.1, 0.15) is 5.00 Å². The van der Waals surface area contributed by atoms with Crippen LogP contribution < -0.4 is 10.6 Å². The first kappa shape index (κ1) is 21.1. The van der Waals surface area contributed by atoms with Gasteiger partial charge < -0.3 is 15.4 Å². The lowest BCUT2D eigenvalue weighted by Gasteiger charge is -2.42. The molecule has 0 unspecified atom stereocenters. The molecule has 1 aliphatic rings. The van der Waals surface area contributed by atoms with Crippen LogP contribution in [-0.4, -0.2) is 24.5 Å². The molecule has 0 atom stereocenters. The highest BCUT2D eigenvalue weighted by Gasteiger charge is 2.42. The highest BCUT2D eigenvalue weighted by atomic mass is 35.5. The maximum absolute atomic E-state index is 12.8. The minimum Gasteiger partial charge on any atom is -0.465 e. The summed E-state index contributed by atoms with van der Waals surface area (Å²) in [4.78, 5) is 26.4. The Kier molecular flexibility index (Phi) is 5.53. The molecule has 0 saturated heterocycles. The van der Waals surface area contributed by atoms with E-state index in [1.54, 1.807) is 6.07 Å². The van der Waals surface area contributed by atoms with Crippen molar-refractivity contribution in [1.82, 2.24) is 5.32 Å². The van der Waals surface area contributed by atoms with Gasteiger partial charge in [0.25, 0.3) is 5.91 Å². The molecule has 8 heteroatoms. The third kappa shape index (κ3) is 4.06. The van der Waals surface area contributed by atoms with Gasteiger partial charge in [-0.15, -0.1) is 11.3 Å². The van der Waals surface area contributed by atoms with Crippen LogP contribution in [0, 0.1) is 0 Å². The molecule has 1 aromatic heterocycles. The van der Waals surface area contributed by atoms with Gasteiger partial charge >= 0.3 is 5.97 Å². The number of amides is 1. The van der Waals surface area contributed by atoms with Gasteiger partial charge in [-0.2, -0.15) is 0 Å². The fraction of sp³-hybridized carbons (Fsp3) is 0.400. The van der Waals surface area contributed by atoms with Crippen LogP contribution in [0.3, 0.4) is 0 Å². The zero-order chi connectivity index (χ0) is 20.9. The van der Waals surface area contributed by atoms with Crippen molar-refractivity contribution >= 4 is 51.4 Å². The average Bonchev–Trinajstić information content (AvgIpc) is 2.90. The van der Waals surface area contributed by atoms with E-state index in [0.717, 1.165) is 10.4 Å². The van der Waals surface area contributed by atoms with Crippen LogP contribution in [0.15, 0.2) is 18.2 Å². The lowest BCUT2D eigenvalue weighted by atomic mass is 9.81. The largest absolute Gasteiger partial charge is 0.465 e. The van der Waals surface area contributed by atoms with Crippen molar-refractivity contribution in [1.29, 1.82) is 0 Å². The third-order valence-electron chi connectivity index (χ3n) is 4.59. The van der Waals surface area contributed by atoms with Gasteiger partial charge in [0.15, 0.2) is 0 Å². The van der Waals surface area contributed by atoms with Gasteiger partial charge in [0.2, 0.25) is 0 Å². The van der Waals surface area contributed by atoms with E-state index in [1.165, 1.54) is 30.6 Å². The summed E-state index contributed by atoms with van der Waals surface area (Å²) >= 11 is 13.4. The summed E-state index contributed by atoms with van der Waals surface area (Å²) in [5.41, 5.74) is 1.07. The Morgan fingerprint density at radius 2 is 1.75 bits per heavy atom. The molecule has 2 aromatic rings. The topological polar surface area (TPSA) is 67.4 Å². The summed E-state index contributed by atoms with van der Waals surface area (Å²) in [6, 6.07) is 4.62. The molecule has 1 amide bonds. The van der Waals surface area contributed by atoms with Crippen LogP contribution >= 0.6 is 34.5 Å². The molecule has 0 spiro atoms. The fourth-order valence-electron chi connectivity index (χ4n) is 3.79. The van der Waals surface area contributed by atoms with Crippen LogP contribution in [0.5, 0.6) is 0 Å². The summed E-state index contributed by atoms with van der Waals surface area (Å²) in [6.45, 7) is 8.30. The van der Waals surface area contributed by atoms with Crippen LogP contribution in [0.2, 0.25) is 10.0 Å². The number of ether oxygens (including phenoxy) is 1. The smallest absolute Gasteiger partial charge is 0.341 e. The summed E-state index contributed by atoms with van der Waals surface area (Å²) in [5.74, 6) is -0.858. The predicted molar refractivity (Wildman–Crippen MR) is 114 cm³/mol. The van der Waals surface area contributed by atoms with E-state index in [2.05, 4.69) is 38.3 Å². The van der Waals surface area contributed by atoms with Gasteiger partial charge in [-0.25, -0.2) is 4.79 Å². The number of fused-ring (bicyclic) bond motifs is 1. The number of benzene rings is 1. The number of methoxy groups -OCH3 is 1. The number of hydrogen-bond donors (Lipinski definition) is 2. The first-order valence-corrected chi connectivity index (χ1v) is 10.3. The Morgan fingerprint density at radius 3 is 2.32 bits per heavy atom. The van der Waals surface area contributed by atoms with Gasteiger partial charge in [-0.3, -0.25) is 4.79 Å². The van der Waals surface area contributed by atoms with Crippen molar-refractivity contribution < 1.29 is 14.3 Å². The number of hydrogen-bond acceptors (Lipinski definition) is 5. The maximum Gasteiger partial charge on any atom is 0.341 e. The number of anilines is 1. The number of rotatable bonds is 3. The molecule has 0 saturated carbocycles. The molecule has 3 rings (SSSR count). The van der Waals surface area contributed by atoms with Crippen LogP contribution in [0.4, 0.5) is 5.00 Å². The number of esters is 1. The van der Waals surface area contributed by atoms with E-state index in [0.29, 0.717) is 32.6 Å². The molecule has 1 aromatic carbocycles. The second-order valence-corrected chi connectivity index (χ2v) is 9.92. The Hall–Kier alpha value is -1.60. The van der Waals surface area contributed by atoms with Crippen molar-refractivity contribution in [3.63, 3.8) is 0 Å². The first-order valence-electron chi connectivity index (χ1n) is 8.75. The second kappa shape index (κ2) is 7.34. The Labute approximate surface area is 178 Å². The van der Waals surface area contributed by atoms with E-state index in [4.69, 9.17) is 27.9 Å².